The third-order valence-electron chi connectivity index (χ3n) is 2.97. The van der Waals surface area contributed by atoms with Crippen LogP contribution in [0.3, 0.4) is 0 Å². The van der Waals surface area contributed by atoms with Crippen molar-refractivity contribution in [2.45, 2.75) is 6.42 Å². The fourth-order valence-corrected chi connectivity index (χ4v) is 2.46. The van der Waals surface area contributed by atoms with Crippen LogP contribution in [-0.2, 0) is 6.42 Å². The molecule has 1 aromatic heterocycles. The lowest BCUT2D eigenvalue weighted by atomic mass is 10.1. The normalized spacial score (nSPS) is 10.8. The van der Waals surface area contributed by atoms with E-state index < -0.39 is 0 Å². The summed E-state index contributed by atoms with van der Waals surface area (Å²) in [6.45, 7) is 0. The largest absolute Gasteiger partial charge is 0.399 e. The lowest BCUT2D eigenvalue weighted by molar-refractivity contribution is 0.424. The van der Waals surface area contributed by atoms with Crippen molar-refractivity contribution in [1.82, 2.24) is 10.1 Å². The van der Waals surface area contributed by atoms with Gasteiger partial charge in [-0.15, -0.1) is 0 Å². The molecule has 0 aliphatic carbocycles. The highest BCUT2D eigenvalue weighted by Gasteiger charge is 2.12. The van der Waals surface area contributed by atoms with Crippen LogP contribution in [0.2, 0.25) is 5.02 Å². The Morgan fingerprint density at radius 3 is 2.62 bits per heavy atom. The van der Waals surface area contributed by atoms with E-state index in [-0.39, 0.29) is 0 Å². The number of rotatable bonds is 3. The maximum atomic E-state index is 6.14. The highest BCUT2D eigenvalue weighted by Crippen LogP contribution is 2.28. The van der Waals surface area contributed by atoms with Gasteiger partial charge in [0, 0.05) is 16.6 Å². The van der Waals surface area contributed by atoms with Gasteiger partial charge in [0.25, 0.3) is 5.89 Å². The van der Waals surface area contributed by atoms with Crippen molar-refractivity contribution in [3.63, 3.8) is 0 Å². The highest BCUT2D eigenvalue weighted by atomic mass is 79.9. The number of aromatic nitrogens is 2. The molecule has 0 spiro atoms. The summed E-state index contributed by atoms with van der Waals surface area (Å²) < 4.78 is 6.31. The molecule has 106 valence electrons. The van der Waals surface area contributed by atoms with Gasteiger partial charge in [0.1, 0.15) is 0 Å². The predicted octanol–water partition coefficient (Wildman–Crippen LogP) is 4.33. The Kier molecular flexibility index (Phi) is 3.94. The molecule has 4 nitrogen and oxygen atoms in total. The van der Waals surface area contributed by atoms with Crippen molar-refractivity contribution in [2.75, 3.05) is 5.73 Å². The van der Waals surface area contributed by atoms with Crippen molar-refractivity contribution >= 4 is 33.2 Å². The zero-order chi connectivity index (χ0) is 14.8. The number of hydrogen-bond donors (Lipinski definition) is 1. The van der Waals surface area contributed by atoms with E-state index in [9.17, 15) is 0 Å². The Labute approximate surface area is 135 Å². The topological polar surface area (TPSA) is 64.9 Å². The number of anilines is 1. The van der Waals surface area contributed by atoms with Gasteiger partial charge in [-0.3, -0.25) is 0 Å². The molecule has 0 saturated carbocycles. The first-order chi connectivity index (χ1) is 10.1. The summed E-state index contributed by atoms with van der Waals surface area (Å²) in [7, 11) is 0. The minimum Gasteiger partial charge on any atom is -0.399 e. The van der Waals surface area contributed by atoms with E-state index in [2.05, 4.69) is 26.1 Å². The van der Waals surface area contributed by atoms with Gasteiger partial charge in [0.05, 0.1) is 10.6 Å². The predicted molar refractivity (Wildman–Crippen MR) is 86.1 cm³/mol. The van der Waals surface area contributed by atoms with Gasteiger partial charge >= 0.3 is 0 Å². The Morgan fingerprint density at radius 2 is 1.90 bits per heavy atom. The number of hydrogen-bond acceptors (Lipinski definition) is 4. The number of nitrogen functional groups attached to an aromatic ring is 1. The molecule has 0 aliphatic rings. The molecule has 21 heavy (non-hydrogen) atoms. The van der Waals surface area contributed by atoms with Gasteiger partial charge < -0.3 is 10.3 Å². The number of halogens is 2. The van der Waals surface area contributed by atoms with Crippen molar-refractivity contribution in [3.05, 3.63) is 63.3 Å². The number of benzene rings is 2. The van der Waals surface area contributed by atoms with Crippen molar-refractivity contribution in [2.24, 2.45) is 0 Å². The molecule has 0 radical (unpaired) electrons. The Bertz CT molecular complexity index is 771. The smallest absolute Gasteiger partial charge is 0.259 e. The van der Waals surface area contributed by atoms with Crippen LogP contribution in [0.5, 0.6) is 0 Å². The first-order valence-electron chi connectivity index (χ1n) is 6.24. The van der Waals surface area contributed by atoms with Crippen LogP contribution in [0, 0.1) is 0 Å². The standard InChI is InChI=1S/C15H11BrClN3O/c16-10-3-1-9(2-4-10)7-14-19-15(21-20-14)12-6-5-11(18)8-13(12)17/h1-6,8H,7,18H2. The van der Waals surface area contributed by atoms with Gasteiger partial charge in [-0.05, 0) is 35.9 Å². The molecule has 2 aromatic carbocycles. The van der Waals surface area contributed by atoms with Gasteiger partial charge in [0.15, 0.2) is 5.82 Å². The summed E-state index contributed by atoms with van der Waals surface area (Å²) in [5.74, 6) is 1.01. The molecule has 3 aromatic rings. The molecule has 0 fully saturated rings. The van der Waals surface area contributed by atoms with Crippen LogP contribution in [0.25, 0.3) is 11.5 Å². The average Bonchev–Trinajstić information content (AvgIpc) is 2.90. The minimum absolute atomic E-state index is 0.395. The summed E-state index contributed by atoms with van der Waals surface area (Å²) in [6, 6.07) is 13.2. The summed E-state index contributed by atoms with van der Waals surface area (Å²) in [5, 5.41) is 4.48. The SMILES string of the molecule is Nc1ccc(-c2nc(Cc3ccc(Br)cc3)no2)c(Cl)c1. The van der Waals surface area contributed by atoms with Crippen molar-refractivity contribution in [3.8, 4) is 11.5 Å². The van der Waals surface area contributed by atoms with Crippen molar-refractivity contribution in [1.29, 1.82) is 0 Å². The Balaban J connectivity index is 1.84. The maximum Gasteiger partial charge on any atom is 0.259 e. The number of nitrogens with zero attached hydrogens (tertiary/aromatic N) is 2. The zero-order valence-electron chi connectivity index (χ0n) is 10.9. The molecule has 0 aliphatic heterocycles. The molecule has 0 atom stereocenters. The second-order valence-corrected chi connectivity index (χ2v) is 5.88. The first kappa shape index (κ1) is 14.1. The number of nitrogens with two attached hydrogens (primary N) is 1. The first-order valence-corrected chi connectivity index (χ1v) is 7.41. The zero-order valence-corrected chi connectivity index (χ0v) is 13.2. The molecular formula is C15H11BrClN3O. The molecule has 6 heteroatoms. The summed E-state index contributed by atoms with van der Waals surface area (Å²) in [5.41, 5.74) is 8.05. The quantitative estimate of drug-likeness (QED) is 0.703. The van der Waals surface area contributed by atoms with E-state index in [1.807, 2.05) is 24.3 Å². The van der Waals surface area contributed by atoms with E-state index in [4.69, 9.17) is 21.9 Å². The fourth-order valence-electron chi connectivity index (χ4n) is 1.92. The van der Waals surface area contributed by atoms with Gasteiger partial charge in [-0.1, -0.05) is 44.8 Å². The third-order valence-corrected chi connectivity index (χ3v) is 3.81. The van der Waals surface area contributed by atoms with Crippen LogP contribution >= 0.6 is 27.5 Å². The fraction of sp³-hybridized carbons (Fsp3) is 0.0667. The molecule has 1 heterocycles. The monoisotopic (exact) mass is 363 g/mol. The van der Waals surface area contributed by atoms with Gasteiger partial charge in [0.2, 0.25) is 0 Å². The molecule has 2 N–H and O–H groups in total. The second-order valence-electron chi connectivity index (χ2n) is 4.56. The molecular weight excluding hydrogens is 354 g/mol. The molecule has 0 amide bonds. The summed E-state index contributed by atoms with van der Waals surface area (Å²) in [6.07, 6.45) is 0.601. The molecule has 0 bridgehead atoms. The molecule has 0 unspecified atom stereocenters. The maximum absolute atomic E-state index is 6.14. The molecule has 3 rings (SSSR count). The van der Waals surface area contributed by atoms with Crippen LogP contribution in [0.4, 0.5) is 5.69 Å². The third kappa shape index (κ3) is 3.25. The molecule has 0 saturated heterocycles. The van der Waals surface area contributed by atoms with E-state index in [1.54, 1.807) is 18.2 Å². The summed E-state index contributed by atoms with van der Waals surface area (Å²) in [4.78, 5) is 4.37. The van der Waals surface area contributed by atoms with Crippen molar-refractivity contribution < 1.29 is 4.52 Å². The Hall–Kier alpha value is -1.85. The lowest BCUT2D eigenvalue weighted by Gasteiger charge is -1.99. The van der Waals surface area contributed by atoms with E-state index in [0.29, 0.717) is 34.4 Å². The van der Waals surface area contributed by atoms with E-state index in [1.165, 1.54) is 0 Å². The van der Waals surface area contributed by atoms with E-state index in [0.717, 1.165) is 10.0 Å². The minimum atomic E-state index is 0.395. The highest BCUT2D eigenvalue weighted by molar-refractivity contribution is 9.10. The average molecular weight is 365 g/mol. The van der Waals surface area contributed by atoms with Crippen LogP contribution in [0.1, 0.15) is 11.4 Å². The van der Waals surface area contributed by atoms with Crippen LogP contribution in [-0.4, -0.2) is 10.1 Å². The van der Waals surface area contributed by atoms with Gasteiger partial charge in [-0.2, -0.15) is 4.98 Å². The lowest BCUT2D eigenvalue weighted by Crippen LogP contribution is -1.91. The van der Waals surface area contributed by atoms with Crippen LogP contribution in [0.15, 0.2) is 51.5 Å². The second kappa shape index (κ2) is 5.87. The van der Waals surface area contributed by atoms with Gasteiger partial charge in [-0.25, -0.2) is 0 Å². The van der Waals surface area contributed by atoms with Crippen LogP contribution < -0.4 is 5.73 Å². The van der Waals surface area contributed by atoms with E-state index >= 15 is 0 Å². The summed E-state index contributed by atoms with van der Waals surface area (Å²) >= 11 is 9.54. The Morgan fingerprint density at radius 1 is 1.14 bits per heavy atom.